The summed E-state index contributed by atoms with van der Waals surface area (Å²) in [6.07, 6.45) is 1.88. The molecule has 0 saturated carbocycles. The van der Waals surface area contributed by atoms with E-state index in [2.05, 4.69) is 26.3 Å². The molecule has 1 aliphatic heterocycles. The zero-order chi connectivity index (χ0) is 23.1. The number of fused-ring (bicyclic) bond motifs is 1. The predicted molar refractivity (Wildman–Crippen MR) is 136 cm³/mol. The summed E-state index contributed by atoms with van der Waals surface area (Å²) in [7, 11) is 0. The number of hydrazine groups is 1. The minimum atomic E-state index is -0.451. The number of aromatic nitrogens is 1. The maximum absolute atomic E-state index is 13.4. The first-order valence-corrected chi connectivity index (χ1v) is 11.5. The smallest absolute Gasteiger partial charge is 0.258 e. The van der Waals surface area contributed by atoms with E-state index in [9.17, 15) is 9.59 Å². The lowest BCUT2D eigenvalue weighted by Crippen LogP contribution is -2.38. The van der Waals surface area contributed by atoms with Crippen LogP contribution in [0.5, 0.6) is 0 Å². The van der Waals surface area contributed by atoms with E-state index < -0.39 is 6.04 Å². The van der Waals surface area contributed by atoms with Crippen LogP contribution in [-0.2, 0) is 4.79 Å². The van der Waals surface area contributed by atoms with Crippen molar-refractivity contribution in [2.75, 3.05) is 0 Å². The van der Waals surface area contributed by atoms with Crippen LogP contribution in [0.4, 0.5) is 0 Å². The minimum absolute atomic E-state index is 0.188. The van der Waals surface area contributed by atoms with Gasteiger partial charge < -0.3 is 4.98 Å². The molecule has 164 valence electrons. The van der Waals surface area contributed by atoms with E-state index >= 15 is 0 Å². The molecule has 1 amide bonds. The molecule has 0 fully saturated rings. The fourth-order valence-electron chi connectivity index (χ4n) is 4.25. The minimum Gasteiger partial charge on any atom is -0.321 e. The zero-order valence-corrected chi connectivity index (χ0v) is 19.9. The number of carbonyl (C=O) groups excluding carboxylic acids is 1. The summed E-state index contributed by atoms with van der Waals surface area (Å²) in [5.41, 5.74) is 7.14. The summed E-state index contributed by atoms with van der Waals surface area (Å²) in [4.78, 5) is 28.9. The normalized spacial score (nSPS) is 15.4. The number of H-pyrrole nitrogens is 1. The molecule has 33 heavy (non-hydrogen) atoms. The van der Waals surface area contributed by atoms with Crippen LogP contribution in [0.15, 0.2) is 88.1 Å². The van der Waals surface area contributed by atoms with Gasteiger partial charge in [0.15, 0.2) is 0 Å². The van der Waals surface area contributed by atoms with Crippen LogP contribution in [0.3, 0.4) is 0 Å². The Bertz CT molecular complexity index is 1480. The van der Waals surface area contributed by atoms with Crippen LogP contribution in [-0.4, -0.2) is 15.9 Å². The van der Waals surface area contributed by atoms with Gasteiger partial charge in [-0.15, -0.1) is 0 Å². The average molecular weight is 521 g/mol. The standard InChI is InChI=1S/C26H19BrClN3O2/c1-15(32)31-23(18-9-5-6-10-20(18)28)14-22(30-31)25-24(16-7-3-2-4-8-16)19-13-17(27)11-12-21(19)29-26(25)33/h2-14,23,30H,1H3,(H,29,33)/t23-/m0/s1. The summed E-state index contributed by atoms with van der Waals surface area (Å²) in [5.74, 6) is -0.188. The number of benzene rings is 3. The number of aromatic amines is 1. The number of halogens is 2. The van der Waals surface area contributed by atoms with Crippen LogP contribution in [0, 0.1) is 0 Å². The van der Waals surface area contributed by atoms with E-state index in [1.165, 1.54) is 11.9 Å². The van der Waals surface area contributed by atoms with Gasteiger partial charge >= 0.3 is 0 Å². The second-order valence-corrected chi connectivity index (χ2v) is 9.13. The molecule has 2 heterocycles. The Morgan fingerprint density at radius 2 is 1.73 bits per heavy atom. The Morgan fingerprint density at radius 3 is 2.45 bits per heavy atom. The summed E-state index contributed by atoms with van der Waals surface area (Å²) >= 11 is 10.0. The molecular weight excluding hydrogens is 502 g/mol. The van der Waals surface area contributed by atoms with Crippen LogP contribution in [0.2, 0.25) is 5.02 Å². The highest BCUT2D eigenvalue weighted by Crippen LogP contribution is 2.39. The number of nitrogens with zero attached hydrogens (tertiary/aromatic N) is 1. The number of hydrogen-bond acceptors (Lipinski definition) is 3. The third-order valence-corrected chi connectivity index (χ3v) is 6.55. The average Bonchev–Trinajstić information content (AvgIpc) is 3.24. The Labute approximate surface area is 203 Å². The van der Waals surface area contributed by atoms with Gasteiger partial charge in [0.25, 0.3) is 5.56 Å². The maximum Gasteiger partial charge on any atom is 0.258 e. The molecule has 0 unspecified atom stereocenters. The number of rotatable bonds is 3. The third-order valence-electron chi connectivity index (χ3n) is 5.71. The van der Waals surface area contributed by atoms with Crippen molar-refractivity contribution in [2.24, 2.45) is 0 Å². The molecule has 0 saturated heterocycles. The van der Waals surface area contributed by atoms with Gasteiger partial charge in [-0.25, -0.2) is 5.01 Å². The first-order chi connectivity index (χ1) is 15.9. The summed E-state index contributed by atoms with van der Waals surface area (Å²) in [5, 5.41) is 2.94. The van der Waals surface area contributed by atoms with Crippen LogP contribution in [0.25, 0.3) is 27.7 Å². The zero-order valence-electron chi connectivity index (χ0n) is 17.6. The molecule has 1 aliphatic rings. The number of hydrogen-bond donors (Lipinski definition) is 2. The summed E-state index contributed by atoms with van der Waals surface area (Å²) in [6, 6.07) is 22.5. The lowest BCUT2D eigenvalue weighted by molar-refractivity contribution is -0.132. The molecule has 5 nitrogen and oxygen atoms in total. The first kappa shape index (κ1) is 21.5. The molecule has 2 N–H and O–H groups in total. The molecule has 0 aliphatic carbocycles. The van der Waals surface area contributed by atoms with E-state index in [1.54, 1.807) is 6.07 Å². The van der Waals surface area contributed by atoms with Crippen molar-refractivity contribution in [3.63, 3.8) is 0 Å². The lowest BCUT2D eigenvalue weighted by Gasteiger charge is -2.25. The van der Waals surface area contributed by atoms with E-state index in [1.807, 2.05) is 72.8 Å². The molecule has 0 radical (unpaired) electrons. The largest absolute Gasteiger partial charge is 0.321 e. The highest BCUT2D eigenvalue weighted by atomic mass is 79.9. The van der Waals surface area contributed by atoms with Crippen molar-refractivity contribution in [1.82, 2.24) is 15.4 Å². The Kier molecular flexibility index (Phi) is 5.56. The van der Waals surface area contributed by atoms with Crippen LogP contribution < -0.4 is 11.0 Å². The second-order valence-electron chi connectivity index (χ2n) is 7.81. The van der Waals surface area contributed by atoms with Crippen LogP contribution in [0.1, 0.15) is 24.1 Å². The highest BCUT2D eigenvalue weighted by Gasteiger charge is 2.32. The summed E-state index contributed by atoms with van der Waals surface area (Å²) in [6.45, 7) is 1.48. The molecular formula is C26H19BrClN3O2. The van der Waals surface area contributed by atoms with Crippen molar-refractivity contribution in [2.45, 2.75) is 13.0 Å². The molecule has 5 rings (SSSR count). The molecule has 0 bridgehead atoms. The summed E-state index contributed by atoms with van der Waals surface area (Å²) < 4.78 is 0.901. The fraction of sp³-hybridized carbons (Fsp3) is 0.0769. The van der Waals surface area contributed by atoms with E-state index in [0.29, 0.717) is 16.3 Å². The lowest BCUT2D eigenvalue weighted by atomic mass is 9.94. The quantitative estimate of drug-likeness (QED) is 0.345. The van der Waals surface area contributed by atoms with Crippen molar-refractivity contribution in [1.29, 1.82) is 0 Å². The van der Waals surface area contributed by atoms with Gasteiger partial charge in [-0.3, -0.25) is 15.0 Å². The predicted octanol–water partition coefficient (Wildman–Crippen LogP) is 6.06. The monoisotopic (exact) mass is 519 g/mol. The Balaban J connectivity index is 1.79. The van der Waals surface area contributed by atoms with Crippen molar-refractivity contribution >= 4 is 50.0 Å². The van der Waals surface area contributed by atoms with Crippen molar-refractivity contribution in [3.05, 3.63) is 110 Å². The van der Waals surface area contributed by atoms with Gasteiger partial charge in [0.1, 0.15) is 6.04 Å². The van der Waals surface area contributed by atoms with Gasteiger partial charge in [0.2, 0.25) is 5.91 Å². The number of carbonyl (C=O) groups is 1. The first-order valence-electron chi connectivity index (χ1n) is 10.4. The molecule has 4 aromatic rings. The highest BCUT2D eigenvalue weighted by molar-refractivity contribution is 9.10. The van der Waals surface area contributed by atoms with E-state index in [0.717, 1.165) is 32.1 Å². The molecule has 1 aromatic heterocycles. The number of amides is 1. The Hall–Kier alpha value is -3.35. The molecule has 3 aromatic carbocycles. The van der Waals surface area contributed by atoms with Gasteiger partial charge in [-0.05, 0) is 41.5 Å². The van der Waals surface area contributed by atoms with Crippen molar-refractivity contribution < 1.29 is 4.79 Å². The fourth-order valence-corrected chi connectivity index (χ4v) is 4.86. The Morgan fingerprint density at radius 1 is 1.00 bits per heavy atom. The maximum atomic E-state index is 13.4. The topological polar surface area (TPSA) is 65.2 Å². The number of pyridine rings is 1. The number of nitrogens with one attached hydrogen (secondary N) is 2. The van der Waals surface area contributed by atoms with Gasteiger partial charge in [0.05, 0.1) is 11.3 Å². The second kappa shape index (κ2) is 8.54. The van der Waals surface area contributed by atoms with E-state index in [4.69, 9.17) is 11.6 Å². The van der Waals surface area contributed by atoms with Crippen LogP contribution >= 0.6 is 27.5 Å². The molecule has 1 atom stereocenters. The molecule has 0 spiro atoms. The van der Waals surface area contributed by atoms with Gasteiger partial charge in [-0.1, -0.05) is 76.1 Å². The van der Waals surface area contributed by atoms with E-state index in [-0.39, 0.29) is 11.5 Å². The van der Waals surface area contributed by atoms with Gasteiger partial charge in [-0.2, -0.15) is 0 Å². The molecule has 7 heteroatoms. The van der Waals surface area contributed by atoms with Gasteiger partial charge in [0, 0.05) is 32.9 Å². The SMILES string of the molecule is CC(=O)N1NC(c2c(-c3ccccc3)c3cc(Br)ccc3[nH]c2=O)=C[C@H]1c1ccccc1Cl. The van der Waals surface area contributed by atoms with Crippen molar-refractivity contribution in [3.8, 4) is 11.1 Å². The third kappa shape index (κ3) is 3.86.